The number of carbonyl (C=O) groups excluding carboxylic acids is 1. The molecule has 0 unspecified atom stereocenters. The summed E-state index contributed by atoms with van der Waals surface area (Å²) in [6.45, 7) is 0. The van der Waals surface area contributed by atoms with Gasteiger partial charge in [-0.15, -0.1) is 0 Å². The van der Waals surface area contributed by atoms with E-state index in [1.54, 1.807) is 12.3 Å². The average Bonchev–Trinajstić information content (AvgIpc) is 2.13. The Bertz CT molecular complexity index is 191. The molecule has 1 heterocycles. The monoisotopic (exact) mass is 122 g/mol. The van der Waals surface area contributed by atoms with Gasteiger partial charge in [-0.25, -0.2) is 0 Å². The number of nitrogens with zero attached hydrogens (tertiary/aromatic N) is 2. The molecule has 0 spiro atoms. The maximum atomic E-state index is 10.1. The Labute approximate surface area is 52.8 Å². The van der Waals surface area contributed by atoms with Crippen LogP contribution in [-0.4, -0.2) is 6.29 Å². The van der Waals surface area contributed by atoms with E-state index in [0.29, 0.717) is 12.0 Å². The molecule has 0 amide bonds. The first kappa shape index (κ1) is 5.88. The SMILES string of the molecule is O=CC1=CN=NC=CC1. The van der Waals surface area contributed by atoms with Crippen LogP contribution in [0.15, 0.2) is 34.3 Å². The molecule has 0 saturated carbocycles. The van der Waals surface area contributed by atoms with Crippen LogP contribution in [0, 0.1) is 0 Å². The smallest absolute Gasteiger partial charge is 0.147 e. The minimum atomic E-state index is 0.635. The predicted molar refractivity (Wildman–Crippen MR) is 32.8 cm³/mol. The predicted octanol–water partition coefficient (Wildman–Crippen LogP) is 1.44. The molecule has 0 aromatic rings. The molecule has 3 heteroatoms. The van der Waals surface area contributed by atoms with Gasteiger partial charge in [0.2, 0.25) is 0 Å². The van der Waals surface area contributed by atoms with Crippen LogP contribution >= 0.6 is 0 Å². The van der Waals surface area contributed by atoms with Crippen LogP contribution in [0.25, 0.3) is 0 Å². The third-order valence-corrected chi connectivity index (χ3v) is 0.967. The zero-order chi connectivity index (χ0) is 6.53. The summed E-state index contributed by atoms with van der Waals surface area (Å²) in [4.78, 5) is 10.1. The quantitative estimate of drug-likeness (QED) is 0.485. The number of aldehydes is 1. The van der Waals surface area contributed by atoms with Crippen LogP contribution in [0.4, 0.5) is 0 Å². The third-order valence-electron chi connectivity index (χ3n) is 0.967. The van der Waals surface area contributed by atoms with E-state index in [1.807, 2.05) is 0 Å². The van der Waals surface area contributed by atoms with E-state index >= 15 is 0 Å². The summed E-state index contributed by atoms with van der Waals surface area (Å²) in [5, 5.41) is 7.15. The maximum absolute atomic E-state index is 10.1. The molecule has 3 nitrogen and oxygen atoms in total. The molecule has 0 aromatic carbocycles. The molecule has 0 N–H and O–H groups in total. The van der Waals surface area contributed by atoms with Gasteiger partial charge in [0.15, 0.2) is 0 Å². The minimum absolute atomic E-state index is 0.635. The van der Waals surface area contributed by atoms with Gasteiger partial charge in [-0.2, -0.15) is 10.2 Å². The van der Waals surface area contributed by atoms with E-state index in [1.165, 1.54) is 6.20 Å². The number of hydrogen-bond donors (Lipinski definition) is 0. The van der Waals surface area contributed by atoms with E-state index in [9.17, 15) is 4.79 Å². The van der Waals surface area contributed by atoms with Crippen LogP contribution in [0.3, 0.4) is 0 Å². The molecule has 0 atom stereocenters. The molecule has 0 fully saturated rings. The van der Waals surface area contributed by atoms with E-state index in [2.05, 4.69) is 10.2 Å². The van der Waals surface area contributed by atoms with Crippen molar-refractivity contribution in [2.45, 2.75) is 6.42 Å². The lowest BCUT2D eigenvalue weighted by molar-refractivity contribution is -0.105. The molecule has 0 radical (unpaired) electrons. The lowest BCUT2D eigenvalue weighted by atomic mass is 10.2. The normalized spacial score (nSPS) is 16.7. The molecule has 1 rings (SSSR count). The van der Waals surface area contributed by atoms with E-state index in [0.717, 1.165) is 6.29 Å². The molecule has 0 saturated heterocycles. The van der Waals surface area contributed by atoms with Crippen LogP contribution in [0.2, 0.25) is 0 Å². The summed E-state index contributed by atoms with van der Waals surface area (Å²) in [5.41, 5.74) is 0.660. The Morgan fingerprint density at radius 1 is 1.56 bits per heavy atom. The van der Waals surface area contributed by atoms with Crippen molar-refractivity contribution in [1.29, 1.82) is 0 Å². The molecular formula is C6H6N2O. The van der Waals surface area contributed by atoms with Gasteiger partial charge < -0.3 is 0 Å². The van der Waals surface area contributed by atoms with E-state index in [-0.39, 0.29) is 0 Å². The molecule has 9 heavy (non-hydrogen) atoms. The summed E-state index contributed by atoms with van der Waals surface area (Å²) < 4.78 is 0. The second kappa shape index (κ2) is 2.91. The zero-order valence-electron chi connectivity index (χ0n) is 4.82. The van der Waals surface area contributed by atoms with Gasteiger partial charge in [0.05, 0.1) is 6.20 Å². The number of carbonyl (C=O) groups is 1. The summed E-state index contributed by atoms with van der Waals surface area (Å²) >= 11 is 0. The fourth-order valence-corrected chi connectivity index (χ4v) is 0.513. The maximum Gasteiger partial charge on any atom is 0.147 e. The molecule has 0 bridgehead atoms. The highest BCUT2D eigenvalue weighted by Crippen LogP contribution is 2.02. The second-order valence-corrected chi connectivity index (χ2v) is 1.64. The highest BCUT2D eigenvalue weighted by atomic mass is 16.1. The van der Waals surface area contributed by atoms with Crippen molar-refractivity contribution in [1.82, 2.24) is 0 Å². The summed E-state index contributed by atoms with van der Waals surface area (Å²) in [7, 11) is 0. The highest BCUT2D eigenvalue weighted by molar-refractivity contribution is 5.73. The fourth-order valence-electron chi connectivity index (χ4n) is 0.513. The van der Waals surface area contributed by atoms with Crippen molar-refractivity contribution in [3.63, 3.8) is 0 Å². The molecule has 1 aliphatic rings. The van der Waals surface area contributed by atoms with Crippen molar-refractivity contribution in [2.75, 3.05) is 0 Å². The first-order chi connectivity index (χ1) is 4.43. The minimum Gasteiger partial charge on any atom is -0.298 e. The van der Waals surface area contributed by atoms with Crippen molar-refractivity contribution >= 4 is 6.29 Å². The van der Waals surface area contributed by atoms with Gasteiger partial charge in [0, 0.05) is 11.8 Å². The van der Waals surface area contributed by atoms with Gasteiger partial charge >= 0.3 is 0 Å². The van der Waals surface area contributed by atoms with Crippen LogP contribution in [0.1, 0.15) is 6.42 Å². The van der Waals surface area contributed by atoms with Crippen LogP contribution in [-0.2, 0) is 4.79 Å². The molecule has 1 aliphatic heterocycles. The third kappa shape index (κ3) is 1.60. The number of hydrogen-bond acceptors (Lipinski definition) is 3. The number of azo groups is 1. The highest BCUT2D eigenvalue weighted by Gasteiger charge is 1.91. The van der Waals surface area contributed by atoms with Gasteiger partial charge in [-0.1, -0.05) is 6.08 Å². The Kier molecular flexibility index (Phi) is 1.90. The van der Waals surface area contributed by atoms with Crippen molar-refractivity contribution in [3.05, 3.63) is 24.0 Å². The second-order valence-electron chi connectivity index (χ2n) is 1.64. The molecule has 0 aromatic heterocycles. The molecule has 0 aliphatic carbocycles. The lowest BCUT2D eigenvalue weighted by Crippen LogP contribution is -1.78. The van der Waals surface area contributed by atoms with Crippen LogP contribution in [0.5, 0.6) is 0 Å². The summed E-state index contributed by atoms with van der Waals surface area (Å²) in [5.74, 6) is 0. The Balaban J connectivity index is 2.73. The Hall–Kier alpha value is -1.25. The molecular weight excluding hydrogens is 116 g/mol. The first-order valence-electron chi connectivity index (χ1n) is 2.62. The van der Waals surface area contributed by atoms with E-state index in [4.69, 9.17) is 0 Å². The Morgan fingerprint density at radius 3 is 3.22 bits per heavy atom. The number of allylic oxidation sites excluding steroid dienone is 2. The van der Waals surface area contributed by atoms with Gasteiger partial charge in [-0.3, -0.25) is 4.79 Å². The molecule has 46 valence electrons. The van der Waals surface area contributed by atoms with E-state index < -0.39 is 0 Å². The Morgan fingerprint density at radius 2 is 2.44 bits per heavy atom. The standard InChI is InChI=1S/C6H6N2O/c9-5-6-2-1-3-7-8-4-6/h1,3-5H,2H2. The average molecular weight is 122 g/mol. The van der Waals surface area contributed by atoms with Crippen molar-refractivity contribution < 1.29 is 4.79 Å². The summed E-state index contributed by atoms with van der Waals surface area (Å²) in [6, 6.07) is 0. The lowest BCUT2D eigenvalue weighted by Gasteiger charge is -1.83. The van der Waals surface area contributed by atoms with Crippen LogP contribution < -0.4 is 0 Å². The zero-order valence-corrected chi connectivity index (χ0v) is 4.82. The van der Waals surface area contributed by atoms with Gasteiger partial charge in [0.1, 0.15) is 6.29 Å². The largest absolute Gasteiger partial charge is 0.298 e. The van der Waals surface area contributed by atoms with Gasteiger partial charge in [0.25, 0.3) is 0 Å². The van der Waals surface area contributed by atoms with Crippen molar-refractivity contribution in [2.24, 2.45) is 10.2 Å². The van der Waals surface area contributed by atoms with Gasteiger partial charge in [-0.05, 0) is 6.42 Å². The summed E-state index contributed by atoms with van der Waals surface area (Å²) in [6.07, 6.45) is 6.25. The number of rotatable bonds is 1. The fraction of sp³-hybridized carbons (Fsp3) is 0.167. The first-order valence-corrected chi connectivity index (χ1v) is 2.62. The van der Waals surface area contributed by atoms with Crippen molar-refractivity contribution in [3.8, 4) is 0 Å². The topological polar surface area (TPSA) is 41.8 Å².